The van der Waals surface area contributed by atoms with Crippen molar-refractivity contribution in [3.63, 3.8) is 0 Å². The number of benzene rings is 1. The van der Waals surface area contributed by atoms with E-state index in [1.807, 2.05) is 30.3 Å². The van der Waals surface area contributed by atoms with Crippen LogP contribution in [0.4, 0.5) is 0 Å². The molecule has 2 aliphatic rings. The van der Waals surface area contributed by atoms with Gasteiger partial charge in [-0.2, -0.15) is 8.42 Å². The van der Waals surface area contributed by atoms with Crippen molar-refractivity contribution in [2.45, 2.75) is 24.9 Å². The molecule has 21 heavy (non-hydrogen) atoms. The molecule has 2 fully saturated rings. The van der Waals surface area contributed by atoms with Crippen molar-refractivity contribution in [1.82, 2.24) is 4.90 Å². The molecule has 4 nitrogen and oxygen atoms in total. The zero-order valence-electron chi connectivity index (χ0n) is 11.3. The van der Waals surface area contributed by atoms with Gasteiger partial charge < -0.3 is 4.90 Å². The molecular formula is C14H15Cl2NO3S. The van der Waals surface area contributed by atoms with Crippen molar-refractivity contribution >= 4 is 37.7 Å². The van der Waals surface area contributed by atoms with Gasteiger partial charge in [0.25, 0.3) is 0 Å². The van der Waals surface area contributed by atoms with E-state index < -0.39 is 14.9 Å². The smallest absolute Gasteiger partial charge is 0.356 e. The van der Waals surface area contributed by atoms with Gasteiger partial charge in [0.05, 0.1) is 0 Å². The van der Waals surface area contributed by atoms with Crippen molar-refractivity contribution in [3.05, 3.63) is 40.5 Å². The van der Waals surface area contributed by atoms with Crippen molar-refractivity contribution in [2.24, 2.45) is 0 Å². The van der Waals surface area contributed by atoms with Gasteiger partial charge in [0.15, 0.2) is 0 Å². The molecule has 2 heterocycles. The van der Waals surface area contributed by atoms with Gasteiger partial charge in [-0.25, -0.2) is 4.18 Å². The highest BCUT2D eigenvalue weighted by Gasteiger charge is 2.47. The minimum atomic E-state index is -3.97. The molecule has 0 N–H and O–H groups in total. The van der Waals surface area contributed by atoms with Crippen LogP contribution in [0.1, 0.15) is 24.8 Å². The van der Waals surface area contributed by atoms with Crippen LogP contribution >= 0.6 is 22.3 Å². The molecule has 7 heteroatoms. The van der Waals surface area contributed by atoms with Crippen LogP contribution in [0.3, 0.4) is 0 Å². The van der Waals surface area contributed by atoms with Crippen LogP contribution in [0.2, 0.25) is 5.02 Å². The molecule has 0 amide bonds. The highest BCUT2D eigenvalue weighted by Crippen LogP contribution is 2.42. The average Bonchev–Trinajstić information content (AvgIpc) is 2.60. The van der Waals surface area contributed by atoms with E-state index in [2.05, 4.69) is 4.90 Å². The molecule has 0 saturated carbocycles. The van der Waals surface area contributed by atoms with E-state index in [-0.39, 0.29) is 0 Å². The summed E-state index contributed by atoms with van der Waals surface area (Å²) in [5.41, 5.74) is 1.40. The first kappa shape index (κ1) is 15.2. The Balaban J connectivity index is 1.87. The molecule has 1 atom stereocenters. The third-order valence-electron chi connectivity index (χ3n) is 3.93. The summed E-state index contributed by atoms with van der Waals surface area (Å²) < 4.78 is 27.7. The number of fused-ring (bicyclic) bond motifs is 2. The molecule has 0 aliphatic carbocycles. The molecule has 1 aromatic rings. The quantitative estimate of drug-likeness (QED) is 0.786. The summed E-state index contributed by atoms with van der Waals surface area (Å²) in [5, 5.41) is 0.690. The van der Waals surface area contributed by atoms with Crippen LogP contribution < -0.4 is 0 Å². The number of nitrogens with zero attached hydrogens (tertiary/aromatic N) is 1. The highest BCUT2D eigenvalue weighted by atomic mass is 35.7. The average molecular weight is 348 g/mol. The molecule has 1 aromatic carbocycles. The van der Waals surface area contributed by atoms with E-state index in [0.29, 0.717) is 24.4 Å². The monoisotopic (exact) mass is 347 g/mol. The molecule has 2 bridgehead atoms. The first-order chi connectivity index (χ1) is 9.85. The maximum absolute atomic E-state index is 11.3. The van der Waals surface area contributed by atoms with E-state index in [9.17, 15) is 8.42 Å². The van der Waals surface area contributed by atoms with Gasteiger partial charge in [-0.1, -0.05) is 23.7 Å². The van der Waals surface area contributed by atoms with Crippen LogP contribution in [0, 0.1) is 0 Å². The molecule has 2 aliphatic heterocycles. The second-order valence-corrected chi connectivity index (χ2v) is 8.07. The molecule has 114 valence electrons. The first-order valence-corrected chi connectivity index (χ1v) is 9.33. The molecule has 1 unspecified atom stereocenters. The number of piperidine rings is 1. The molecular weight excluding hydrogens is 333 g/mol. The van der Waals surface area contributed by atoms with Gasteiger partial charge in [0.2, 0.25) is 0 Å². The van der Waals surface area contributed by atoms with Crippen LogP contribution in [0.25, 0.3) is 6.08 Å². The Hall–Kier alpha value is -0.750. The SMILES string of the molecule is O=S(=O)(Cl)OC12CCCN(C1)/C(=C/c1ccc(Cl)cc1)C2. The summed E-state index contributed by atoms with van der Waals surface area (Å²) in [6, 6.07) is 7.54. The molecule has 2 saturated heterocycles. The lowest BCUT2D eigenvalue weighted by molar-refractivity contribution is 0.0555. The summed E-state index contributed by atoms with van der Waals surface area (Å²) >= 11 is 5.88. The number of hydrogen-bond donors (Lipinski definition) is 0. The van der Waals surface area contributed by atoms with Gasteiger partial charge in [-0.15, -0.1) is 0 Å². The number of rotatable bonds is 3. The van der Waals surface area contributed by atoms with E-state index >= 15 is 0 Å². The van der Waals surface area contributed by atoms with Crippen molar-refractivity contribution in [3.8, 4) is 0 Å². The molecule has 0 spiro atoms. The zero-order valence-corrected chi connectivity index (χ0v) is 13.6. The minimum absolute atomic E-state index is 0.557. The van der Waals surface area contributed by atoms with Gasteiger partial charge >= 0.3 is 9.33 Å². The maximum atomic E-state index is 11.3. The lowest BCUT2D eigenvalue weighted by atomic mass is 9.94. The normalized spacial score (nSPS) is 27.3. The largest absolute Gasteiger partial charge is 0.372 e. The van der Waals surface area contributed by atoms with Crippen LogP contribution in [0.15, 0.2) is 30.0 Å². The fourth-order valence-corrected chi connectivity index (χ4v) is 4.28. The molecule has 3 rings (SSSR count). The molecule has 0 aromatic heterocycles. The Morgan fingerprint density at radius 3 is 2.67 bits per heavy atom. The van der Waals surface area contributed by atoms with Gasteiger partial charge in [-0.05, 0) is 36.6 Å². The van der Waals surface area contributed by atoms with E-state index in [1.54, 1.807) is 0 Å². The Bertz CT molecular complexity index is 672. The van der Waals surface area contributed by atoms with Gasteiger partial charge in [0.1, 0.15) is 5.60 Å². The highest BCUT2D eigenvalue weighted by molar-refractivity contribution is 8.10. The fraction of sp³-hybridized carbons (Fsp3) is 0.429. The first-order valence-electron chi connectivity index (χ1n) is 6.72. The maximum Gasteiger partial charge on any atom is 0.356 e. The fourth-order valence-electron chi connectivity index (χ4n) is 3.13. The summed E-state index contributed by atoms with van der Waals surface area (Å²) in [4.78, 5) is 2.17. The van der Waals surface area contributed by atoms with Crippen LogP contribution in [0.5, 0.6) is 0 Å². The zero-order chi connectivity index (χ0) is 15.1. The van der Waals surface area contributed by atoms with Crippen molar-refractivity contribution in [1.29, 1.82) is 0 Å². The van der Waals surface area contributed by atoms with E-state index in [1.165, 1.54) is 0 Å². The Kier molecular flexibility index (Phi) is 3.94. The lowest BCUT2D eigenvalue weighted by Crippen LogP contribution is -2.41. The van der Waals surface area contributed by atoms with Crippen molar-refractivity contribution in [2.75, 3.05) is 13.1 Å². The second kappa shape index (κ2) is 5.47. The summed E-state index contributed by atoms with van der Waals surface area (Å²) in [5.74, 6) is 0. The van der Waals surface area contributed by atoms with Gasteiger partial charge in [-0.3, -0.25) is 0 Å². The second-order valence-electron chi connectivity index (χ2n) is 5.55. The summed E-state index contributed by atoms with van der Waals surface area (Å²) in [6.07, 6.45) is 4.20. The third kappa shape index (κ3) is 3.54. The minimum Gasteiger partial charge on any atom is -0.372 e. The van der Waals surface area contributed by atoms with Crippen LogP contribution in [-0.4, -0.2) is 32.0 Å². The predicted molar refractivity (Wildman–Crippen MR) is 83.4 cm³/mol. The lowest BCUT2D eigenvalue weighted by Gasteiger charge is -2.32. The number of hydrogen-bond acceptors (Lipinski definition) is 4. The van der Waals surface area contributed by atoms with Crippen molar-refractivity contribution < 1.29 is 12.6 Å². The Labute approximate surface area is 133 Å². The predicted octanol–water partition coefficient (Wildman–Crippen LogP) is 3.42. The number of halogens is 2. The summed E-state index contributed by atoms with van der Waals surface area (Å²) in [6.45, 7) is 1.48. The van der Waals surface area contributed by atoms with E-state index in [0.717, 1.165) is 24.2 Å². The van der Waals surface area contributed by atoms with Gasteiger partial charge in [0, 0.05) is 40.9 Å². The third-order valence-corrected chi connectivity index (χ3v) is 4.92. The standard InChI is InChI=1S/C14H15Cl2NO3S/c15-12-4-2-11(3-5-12)8-13-9-14(20-21(16,18)19)6-1-7-17(13)10-14/h2-5,8H,1,6-7,9-10H2/b13-8+. The van der Waals surface area contributed by atoms with E-state index in [4.69, 9.17) is 26.5 Å². The topological polar surface area (TPSA) is 46.6 Å². The van der Waals surface area contributed by atoms with Crippen LogP contribution in [-0.2, 0) is 13.5 Å². The molecule has 0 radical (unpaired) electrons. The Morgan fingerprint density at radius 2 is 2.00 bits per heavy atom. The Morgan fingerprint density at radius 1 is 1.29 bits per heavy atom. The summed E-state index contributed by atoms with van der Waals surface area (Å²) in [7, 11) is 1.31.